The number of ether oxygens (including phenoxy) is 2. The Labute approximate surface area is 236 Å². The van der Waals surface area contributed by atoms with E-state index in [2.05, 4.69) is 20.5 Å². The lowest BCUT2D eigenvalue weighted by Gasteiger charge is -2.46. The SMILES string of the molecule is Cc1ccc2c(n1)Oc1nc(-c3ccc(Oc4ccccc4)cc3)ccc1C2(C)C(C)(C)C(=O)Nc1nncs1. The topological polar surface area (TPSA) is 99.1 Å². The van der Waals surface area contributed by atoms with E-state index in [1.165, 1.54) is 11.3 Å². The van der Waals surface area contributed by atoms with E-state index >= 15 is 0 Å². The van der Waals surface area contributed by atoms with Gasteiger partial charge in [0.25, 0.3) is 0 Å². The van der Waals surface area contributed by atoms with Crippen molar-refractivity contribution in [3.8, 4) is 34.5 Å². The summed E-state index contributed by atoms with van der Waals surface area (Å²) in [5, 5.41) is 11.2. The molecule has 0 saturated heterocycles. The second-order valence-electron chi connectivity index (χ2n) is 10.3. The van der Waals surface area contributed by atoms with E-state index in [1.807, 2.05) is 107 Å². The lowest BCUT2D eigenvalue weighted by molar-refractivity contribution is -0.126. The van der Waals surface area contributed by atoms with Gasteiger partial charge in [-0.15, -0.1) is 10.2 Å². The molecule has 0 saturated carbocycles. The molecule has 0 aliphatic carbocycles. The molecule has 0 fully saturated rings. The molecule has 200 valence electrons. The summed E-state index contributed by atoms with van der Waals surface area (Å²) >= 11 is 1.27. The van der Waals surface area contributed by atoms with Crippen LogP contribution in [-0.4, -0.2) is 26.1 Å². The molecular weight excluding hydrogens is 522 g/mol. The van der Waals surface area contributed by atoms with Gasteiger partial charge in [0.2, 0.25) is 22.8 Å². The quantitative estimate of drug-likeness (QED) is 0.240. The van der Waals surface area contributed by atoms with Crippen LogP contribution in [-0.2, 0) is 10.2 Å². The Hall–Kier alpha value is -4.63. The minimum absolute atomic E-state index is 0.191. The van der Waals surface area contributed by atoms with Gasteiger partial charge in [0, 0.05) is 27.8 Å². The lowest BCUT2D eigenvalue weighted by Crippen LogP contribution is -2.50. The largest absolute Gasteiger partial charge is 0.457 e. The molecule has 4 heterocycles. The molecule has 2 aromatic carbocycles. The summed E-state index contributed by atoms with van der Waals surface area (Å²) in [6.45, 7) is 7.79. The van der Waals surface area contributed by atoms with Crippen molar-refractivity contribution in [3.63, 3.8) is 0 Å². The second kappa shape index (κ2) is 9.84. The molecule has 0 radical (unpaired) electrons. The molecule has 5 aromatic rings. The minimum Gasteiger partial charge on any atom is -0.457 e. The molecule has 1 atom stereocenters. The van der Waals surface area contributed by atoms with Gasteiger partial charge in [0.1, 0.15) is 17.0 Å². The highest BCUT2D eigenvalue weighted by molar-refractivity contribution is 7.13. The van der Waals surface area contributed by atoms with Crippen LogP contribution < -0.4 is 14.8 Å². The molecule has 0 spiro atoms. The van der Waals surface area contributed by atoms with Crippen molar-refractivity contribution in [3.05, 3.63) is 101 Å². The number of carbonyl (C=O) groups excluding carboxylic acids is 1. The van der Waals surface area contributed by atoms with Gasteiger partial charge in [-0.1, -0.05) is 41.7 Å². The first-order valence-corrected chi connectivity index (χ1v) is 13.7. The number of hydrogen-bond donors (Lipinski definition) is 1. The zero-order valence-corrected chi connectivity index (χ0v) is 23.3. The zero-order chi connectivity index (χ0) is 27.9. The number of nitrogens with zero attached hydrogens (tertiary/aromatic N) is 4. The van der Waals surface area contributed by atoms with E-state index in [0.29, 0.717) is 16.9 Å². The number of nitrogens with one attached hydrogen (secondary N) is 1. The molecule has 1 N–H and O–H groups in total. The second-order valence-corrected chi connectivity index (χ2v) is 11.2. The predicted octanol–water partition coefficient (Wildman–Crippen LogP) is 7.17. The van der Waals surface area contributed by atoms with Gasteiger partial charge in [0.15, 0.2) is 0 Å². The fourth-order valence-corrected chi connectivity index (χ4v) is 5.43. The number of carbonyl (C=O) groups is 1. The standard InChI is InChI=1S/C31H27N5O3S/c1-19-10-15-23-26(33-19)39-27-24(31(23,4)30(2,3)28(37)35-29-36-32-18-40-29)16-17-25(34-27)20-11-13-22(14-12-20)38-21-8-6-5-7-9-21/h5-18H,1-4H3,(H,35,36,37). The summed E-state index contributed by atoms with van der Waals surface area (Å²) in [7, 11) is 0. The first-order chi connectivity index (χ1) is 19.3. The van der Waals surface area contributed by atoms with Crippen molar-refractivity contribution in [2.24, 2.45) is 5.41 Å². The highest BCUT2D eigenvalue weighted by Crippen LogP contribution is 2.56. The number of pyridine rings is 2. The van der Waals surface area contributed by atoms with Gasteiger partial charge in [-0.05, 0) is 76.2 Å². The Morgan fingerprint density at radius 2 is 1.57 bits per heavy atom. The van der Waals surface area contributed by atoms with Crippen LogP contribution in [0.25, 0.3) is 11.3 Å². The maximum atomic E-state index is 13.7. The van der Waals surface area contributed by atoms with E-state index in [1.54, 1.807) is 5.51 Å². The van der Waals surface area contributed by atoms with Crippen molar-refractivity contribution in [1.82, 2.24) is 20.2 Å². The number of amides is 1. The summed E-state index contributed by atoms with van der Waals surface area (Å²) in [4.78, 5) is 23.3. The Morgan fingerprint density at radius 1 is 0.900 bits per heavy atom. The van der Waals surface area contributed by atoms with Crippen LogP contribution in [0.1, 0.15) is 37.6 Å². The molecular formula is C31H27N5O3S. The van der Waals surface area contributed by atoms with Crippen LogP contribution in [0.15, 0.2) is 84.4 Å². The molecule has 1 amide bonds. The van der Waals surface area contributed by atoms with Gasteiger partial charge < -0.3 is 14.8 Å². The van der Waals surface area contributed by atoms with Crippen molar-refractivity contribution in [1.29, 1.82) is 0 Å². The van der Waals surface area contributed by atoms with E-state index in [-0.39, 0.29) is 5.91 Å². The summed E-state index contributed by atoms with van der Waals surface area (Å²) < 4.78 is 12.2. The summed E-state index contributed by atoms with van der Waals surface area (Å²) in [6, 6.07) is 25.3. The third kappa shape index (κ3) is 4.38. The van der Waals surface area contributed by atoms with Crippen molar-refractivity contribution in [2.45, 2.75) is 33.1 Å². The highest BCUT2D eigenvalue weighted by Gasteiger charge is 2.54. The molecule has 1 aliphatic rings. The number of rotatable bonds is 6. The van der Waals surface area contributed by atoms with E-state index in [0.717, 1.165) is 39.6 Å². The van der Waals surface area contributed by atoms with Gasteiger partial charge >= 0.3 is 0 Å². The monoisotopic (exact) mass is 549 g/mol. The van der Waals surface area contributed by atoms with Crippen molar-refractivity contribution >= 4 is 22.4 Å². The Kier molecular flexibility index (Phi) is 6.31. The number of hydrogen-bond acceptors (Lipinski definition) is 8. The maximum Gasteiger partial charge on any atom is 0.233 e. The maximum absolute atomic E-state index is 13.7. The van der Waals surface area contributed by atoms with Crippen LogP contribution in [0, 0.1) is 12.3 Å². The number of fused-ring (bicyclic) bond motifs is 2. The van der Waals surface area contributed by atoms with E-state index in [4.69, 9.17) is 14.5 Å². The number of aromatic nitrogens is 4. The number of anilines is 1. The van der Waals surface area contributed by atoms with Gasteiger partial charge in [-0.2, -0.15) is 0 Å². The van der Waals surface area contributed by atoms with Gasteiger partial charge in [-0.3, -0.25) is 4.79 Å². The third-order valence-electron chi connectivity index (χ3n) is 7.66. The van der Waals surface area contributed by atoms with Crippen molar-refractivity contribution in [2.75, 3.05) is 5.32 Å². The molecule has 9 heteroatoms. The smallest absolute Gasteiger partial charge is 0.233 e. The third-order valence-corrected chi connectivity index (χ3v) is 8.26. The van der Waals surface area contributed by atoms with Crippen LogP contribution in [0.5, 0.6) is 23.3 Å². The fourth-order valence-electron chi connectivity index (χ4n) is 4.99. The first kappa shape index (κ1) is 25.6. The molecule has 40 heavy (non-hydrogen) atoms. The van der Waals surface area contributed by atoms with Gasteiger partial charge in [-0.25, -0.2) is 9.97 Å². The molecule has 0 bridgehead atoms. The van der Waals surface area contributed by atoms with Crippen LogP contribution in [0.2, 0.25) is 0 Å². The Balaban J connectivity index is 1.38. The number of aryl methyl sites for hydroxylation is 1. The lowest BCUT2D eigenvalue weighted by atomic mass is 9.58. The van der Waals surface area contributed by atoms with E-state index < -0.39 is 10.8 Å². The van der Waals surface area contributed by atoms with Gasteiger partial charge in [0.05, 0.1) is 11.1 Å². The number of benzene rings is 2. The summed E-state index contributed by atoms with van der Waals surface area (Å²) in [5.41, 5.74) is 3.90. The van der Waals surface area contributed by atoms with Crippen LogP contribution in [0.3, 0.4) is 0 Å². The average Bonchev–Trinajstić information content (AvgIpc) is 3.46. The Morgan fingerprint density at radius 3 is 2.27 bits per heavy atom. The highest BCUT2D eigenvalue weighted by atomic mass is 32.1. The summed E-state index contributed by atoms with van der Waals surface area (Å²) in [5.74, 6) is 2.18. The van der Waals surface area contributed by atoms with Crippen LogP contribution >= 0.6 is 11.3 Å². The van der Waals surface area contributed by atoms with Crippen molar-refractivity contribution < 1.29 is 14.3 Å². The summed E-state index contributed by atoms with van der Waals surface area (Å²) in [6.07, 6.45) is 0. The van der Waals surface area contributed by atoms with E-state index in [9.17, 15) is 4.79 Å². The fraction of sp³-hybridized carbons (Fsp3) is 0.194. The molecule has 8 nitrogen and oxygen atoms in total. The molecule has 1 unspecified atom stereocenters. The normalized spacial score (nSPS) is 15.9. The first-order valence-electron chi connectivity index (χ1n) is 12.8. The predicted molar refractivity (Wildman–Crippen MR) is 154 cm³/mol. The molecule has 6 rings (SSSR count). The molecule has 3 aromatic heterocycles. The van der Waals surface area contributed by atoms with Crippen LogP contribution in [0.4, 0.5) is 5.13 Å². The number of para-hydroxylation sites is 1. The average molecular weight is 550 g/mol. The Bertz CT molecular complexity index is 1690. The molecule has 1 aliphatic heterocycles. The minimum atomic E-state index is -0.942. The zero-order valence-electron chi connectivity index (χ0n) is 22.5.